The van der Waals surface area contributed by atoms with Gasteiger partial charge in [-0.05, 0) is 31.9 Å². The van der Waals surface area contributed by atoms with Crippen LogP contribution in [0.5, 0.6) is 5.75 Å². The van der Waals surface area contributed by atoms with Gasteiger partial charge in [0, 0.05) is 18.7 Å². The van der Waals surface area contributed by atoms with Gasteiger partial charge in [-0.3, -0.25) is 9.59 Å². The molecule has 0 aromatic heterocycles. The first kappa shape index (κ1) is 16.9. The molecule has 5 nitrogen and oxygen atoms in total. The average molecular weight is 345 g/mol. The summed E-state index contributed by atoms with van der Waals surface area (Å²) in [6.45, 7) is 3.17. The number of nitrogens with one attached hydrogen (secondary N) is 1. The number of carbonyl (C=O) groups excluding carboxylic acids is 2. The molecule has 1 aromatic carbocycles. The highest BCUT2D eigenvalue weighted by atomic mass is 35.5. The summed E-state index contributed by atoms with van der Waals surface area (Å²) < 4.78 is 5.04. The first-order valence-electron chi connectivity index (χ1n) is 7.06. The van der Waals surface area contributed by atoms with Crippen LogP contribution in [-0.4, -0.2) is 43.0 Å². The summed E-state index contributed by atoms with van der Waals surface area (Å²) in [6.07, 6.45) is 2.02. The Hall–Kier alpha value is -1.46. The van der Waals surface area contributed by atoms with E-state index >= 15 is 0 Å². The number of nitrogens with zero attached hydrogens (tertiary/aromatic N) is 1. The van der Waals surface area contributed by atoms with Crippen molar-refractivity contribution in [2.24, 2.45) is 0 Å². The highest BCUT2D eigenvalue weighted by Gasteiger charge is 2.25. The van der Waals surface area contributed by atoms with E-state index in [9.17, 15) is 9.59 Å². The quantitative estimate of drug-likeness (QED) is 0.913. The number of ether oxygens (including phenoxy) is 1. The Morgan fingerprint density at radius 2 is 1.77 bits per heavy atom. The summed E-state index contributed by atoms with van der Waals surface area (Å²) in [5.74, 6) is -0.149. The van der Waals surface area contributed by atoms with E-state index in [0.717, 1.165) is 25.9 Å². The van der Waals surface area contributed by atoms with Crippen molar-refractivity contribution in [2.75, 3.05) is 20.2 Å². The Bertz CT molecular complexity index is 563. The summed E-state index contributed by atoms with van der Waals surface area (Å²) in [5.41, 5.74) is 0.289. The Morgan fingerprint density at radius 3 is 2.27 bits per heavy atom. The number of benzene rings is 1. The molecule has 1 aliphatic heterocycles. The van der Waals surface area contributed by atoms with Crippen LogP contribution in [0.2, 0.25) is 10.0 Å². The molecule has 1 heterocycles. The molecule has 22 heavy (non-hydrogen) atoms. The van der Waals surface area contributed by atoms with E-state index in [1.54, 1.807) is 11.8 Å². The molecular formula is C15H18Cl2N2O3. The van der Waals surface area contributed by atoms with Gasteiger partial charge in [0.1, 0.15) is 6.04 Å². The van der Waals surface area contributed by atoms with Crippen molar-refractivity contribution in [2.45, 2.75) is 25.8 Å². The van der Waals surface area contributed by atoms with Crippen molar-refractivity contribution in [3.05, 3.63) is 27.7 Å². The van der Waals surface area contributed by atoms with Crippen molar-refractivity contribution in [1.82, 2.24) is 10.2 Å². The molecule has 0 aliphatic carbocycles. The fraction of sp³-hybridized carbons (Fsp3) is 0.467. The lowest BCUT2D eigenvalue weighted by Crippen LogP contribution is -2.45. The minimum atomic E-state index is -0.592. The lowest BCUT2D eigenvalue weighted by Gasteiger charge is -2.21. The molecule has 0 saturated carbocycles. The van der Waals surface area contributed by atoms with Crippen molar-refractivity contribution in [3.8, 4) is 5.75 Å². The van der Waals surface area contributed by atoms with E-state index in [2.05, 4.69) is 5.32 Å². The molecule has 2 rings (SSSR count). The summed E-state index contributed by atoms with van der Waals surface area (Å²) in [5, 5.41) is 3.17. The van der Waals surface area contributed by atoms with E-state index in [1.807, 2.05) is 0 Å². The normalized spacial score (nSPS) is 15.5. The zero-order valence-electron chi connectivity index (χ0n) is 12.5. The Labute approximate surface area is 139 Å². The highest BCUT2D eigenvalue weighted by molar-refractivity contribution is 6.37. The molecular weight excluding hydrogens is 327 g/mol. The molecule has 1 aliphatic rings. The molecule has 1 unspecified atom stereocenters. The van der Waals surface area contributed by atoms with Gasteiger partial charge in [-0.15, -0.1) is 0 Å². The maximum atomic E-state index is 12.2. The number of carbonyl (C=O) groups is 2. The summed E-state index contributed by atoms with van der Waals surface area (Å²) >= 11 is 12.0. The fourth-order valence-electron chi connectivity index (χ4n) is 2.44. The van der Waals surface area contributed by atoms with Crippen LogP contribution < -0.4 is 10.1 Å². The smallest absolute Gasteiger partial charge is 0.252 e. The highest BCUT2D eigenvalue weighted by Crippen LogP contribution is 2.33. The average Bonchev–Trinajstić information content (AvgIpc) is 3.00. The summed E-state index contributed by atoms with van der Waals surface area (Å²) in [6, 6.07) is 2.34. The minimum Gasteiger partial charge on any atom is -0.494 e. The van der Waals surface area contributed by atoms with Crippen LogP contribution in [-0.2, 0) is 4.79 Å². The van der Waals surface area contributed by atoms with Crippen LogP contribution in [0, 0.1) is 0 Å². The van der Waals surface area contributed by atoms with Crippen LogP contribution in [0.3, 0.4) is 0 Å². The number of halogens is 2. The van der Waals surface area contributed by atoms with E-state index in [4.69, 9.17) is 27.9 Å². The predicted octanol–water partition coefficient (Wildman–Crippen LogP) is 2.74. The van der Waals surface area contributed by atoms with Crippen LogP contribution in [0.1, 0.15) is 30.1 Å². The third-order valence-corrected chi connectivity index (χ3v) is 4.16. The van der Waals surface area contributed by atoms with Gasteiger partial charge in [0.05, 0.1) is 17.2 Å². The number of hydrogen-bond acceptors (Lipinski definition) is 3. The van der Waals surface area contributed by atoms with Crippen molar-refractivity contribution in [3.63, 3.8) is 0 Å². The van der Waals surface area contributed by atoms with Crippen LogP contribution in [0.15, 0.2) is 12.1 Å². The zero-order valence-corrected chi connectivity index (χ0v) is 14.0. The Morgan fingerprint density at radius 1 is 1.23 bits per heavy atom. The first-order valence-corrected chi connectivity index (χ1v) is 7.82. The van der Waals surface area contributed by atoms with Gasteiger partial charge in [-0.2, -0.15) is 0 Å². The topological polar surface area (TPSA) is 58.6 Å². The third-order valence-electron chi connectivity index (χ3n) is 3.60. The summed E-state index contributed by atoms with van der Waals surface area (Å²) in [7, 11) is 1.45. The second-order valence-electron chi connectivity index (χ2n) is 5.20. The Balaban J connectivity index is 2.07. The van der Waals surface area contributed by atoms with E-state index < -0.39 is 11.9 Å². The molecule has 0 radical (unpaired) electrons. The van der Waals surface area contributed by atoms with E-state index in [-0.39, 0.29) is 21.5 Å². The fourth-order valence-corrected chi connectivity index (χ4v) is 3.08. The Kier molecular flexibility index (Phi) is 5.53. The number of methoxy groups -OCH3 is 1. The van der Waals surface area contributed by atoms with Gasteiger partial charge in [0.15, 0.2) is 5.75 Å². The number of likely N-dealkylation sites (tertiary alicyclic amines) is 1. The minimum absolute atomic E-state index is 0.0726. The zero-order chi connectivity index (χ0) is 16.3. The van der Waals surface area contributed by atoms with Crippen molar-refractivity contribution in [1.29, 1.82) is 0 Å². The number of hydrogen-bond donors (Lipinski definition) is 1. The second-order valence-corrected chi connectivity index (χ2v) is 6.02. The number of rotatable bonds is 4. The van der Waals surface area contributed by atoms with Crippen molar-refractivity contribution < 1.29 is 14.3 Å². The molecule has 1 N–H and O–H groups in total. The van der Waals surface area contributed by atoms with Crippen LogP contribution in [0.4, 0.5) is 0 Å². The SMILES string of the molecule is COc1c(Cl)cc(C(=O)NC(C)C(=O)N2CCCC2)cc1Cl. The first-order chi connectivity index (χ1) is 10.4. The number of amides is 2. The van der Waals surface area contributed by atoms with Gasteiger partial charge in [0.25, 0.3) is 5.91 Å². The molecule has 1 saturated heterocycles. The van der Waals surface area contributed by atoms with Gasteiger partial charge >= 0.3 is 0 Å². The van der Waals surface area contributed by atoms with Crippen molar-refractivity contribution >= 4 is 35.0 Å². The van der Waals surface area contributed by atoms with E-state index in [0.29, 0.717) is 5.75 Å². The largest absolute Gasteiger partial charge is 0.494 e. The monoisotopic (exact) mass is 344 g/mol. The molecule has 1 aromatic rings. The van der Waals surface area contributed by atoms with Crippen LogP contribution >= 0.6 is 23.2 Å². The standard InChI is InChI=1S/C15H18Cl2N2O3/c1-9(15(21)19-5-3-4-6-19)18-14(20)10-7-11(16)13(22-2)12(17)8-10/h7-9H,3-6H2,1-2H3,(H,18,20). The molecule has 2 amide bonds. The predicted molar refractivity (Wildman–Crippen MR) is 85.8 cm³/mol. The van der Waals surface area contributed by atoms with Gasteiger partial charge in [-0.1, -0.05) is 23.2 Å². The lowest BCUT2D eigenvalue weighted by molar-refractivity contribution is -0.131. The second kappa shape index (κ2) is 7.20. The maximum absolute atomic E-state index is 12.2. The molecule has 1 atom stereocenters. The van der Waals surface area contributed by atoms with E-state index in [1.165, 1.54) is 19.2 Å². The molecule has 0 spiro atoms. The van der Waals surface area contributed by atoms with Gasteiger partial charge < -0.3 is 15.0 Å². The molecule has 120 valence electrons. The van der Waals surface area contributed by atoms with Gasteiger partial charge in [-0.25, -0.2) is 0 Å². The lowest BCUT2D eigenvalue weighted by atomic mass is 10.2. The molecule has 1 fully saturated rings. The third kappa shape index (κ3) is 3.65. The maximum Gasteiger partial charge on any atom is 0.252 e. The van der Waals surface area contributed by atoms with Crippen LogP contribution in [0.25, 0.3) is 0 Å². The van der Waals surface area contributed by atoms with Gasteiger partial charge in [0.2, 0.25) is 5.91 Å². The molecule has 7 heteroatoms. The molecule has 0 bridgehead atoms. The summed E-state index contributed by atoms with van der Waals surface area (Å²) in [4.78, 5) is 26.2.